The van der Waals surface area contributed by atoms with Gasteiger partial charge in [0.05, 0.1) is 6.54 Å². The summed E-state index contributed by atoms with van der Waals surface area (Å²) in [4.78, 5) is 19.1. The van der Waals surface area contributed by atoms with E-state index in [-0.39, 0.29) is 6.03 Å². The van der Waals surface area contributed by atoms with Crippen LogP contribution < -0.4 is 5.32 Å². The first-order chi connectivity index (χ1) is 10.5. The third-order valence-corrected chi connectivity index (χ3v) is 3.75. The molecule has 0 aliphatic heterocycles. The summed E-state index contributed by atoms with van der Waals surface area (Å²) in [6.45, 7) is 2.19. The molecule has 2 rings (SSSR count). The molecule has 2 aromatic rings. The van der Waals surface area contributed by atoms with Crippen LogP contribution in [0.2, 0.25) is 5.02 Å². The fraction of sp³-hybridized carbons (Fsp3) is 0.438. The van der Waals surface area contributed by atoms with E-state index < -0.39 is 0 Å². The average Bonchev–Trinajstić information content (AvgIpc) is 2.86. The Morgan fingerprint density at radius 2 is 2.00 bits per heavy atom. The number of rotatable bonds is 6. The Bertz CT molecular complexity index is 638. The number of H-pyrrole nitrogens is 1. The normalized spacial score (nSPS) is 11.1. The van der Waals surface area contributed by atoms with Gasteiger partial charge in [0.15, 0.2) is 0 Å². The van der Waals surface area contributed by atoms with Gasteiger partial charge in [0.25, 0.3) is 0 Å². The van der Waals surface area contributed by atoms with E-state index in [0.717, 1.165) is 36.1 Å². The van der Waals surface area contributed by atoms with Crippen molar-refractivity contribution in [1.82, 2.24) is 20.1 Å². The topological polar surface area (TPSA) is 51.4 Å². The van der Waals surface area contributed by atoms with Gasteiger partial charge in [-0.15, -0.1) is 0 Å². The highest BCUT2D eigenvalue weighted by Crippen LogP contribution is 2.19. The average molecular weight is 323 g/mol. The fourth-order valence-electron chi connectivity index (χ4n) is 2.29. The molecule has 5 nitrogen and oxygen atoms in total. The molecule has 22 heavy (non-hydrogen) atoms. The predicted molar refractivity (Wildman–Crippen MR) is 91.3 cm³/mol. The van der Waals surface area contributed by atoms with Crippen molar-refractivity contribution < 1.29 is 4.79 Å². The summed E-state index contributed by atoms with van der Waals surface area (Å²) in [5.41, 5.74) is 1.99. The molecule has 0 atom stereocenters. The van der Waals surface area contributed by atoms with Crippen molar-refractivity contribution in [2.45, 2.75) is 13.0 Å². The highest BCUT2D eigenvalue weighted by molar-refractivity contribution is 6.31. The van der Waals surface area contributed by atoms with Crippen molar-refractivity contribution in [3.8, 4) is 0 Å². The molecule has 0 spiro atoms. The monoisotopic (exact) mass is 322 g/mol. The molecule has 1 heterocycles. The van der Waals surface area contributed by atoms with Gasteiger partial charge in [-0.3, -0.25) is 0 Å². The van der Waals surface area contributed by atoms with Crippen LogP contribution in [-0.2, 0) is 6.54 Å². The van der Waals surface area contributed by atoms with Crippen LogP contribution in [0.15, 0.2) is 24.3 Å². The number of aromatic nitrogens is 1. The maximum absolute atomic E-state index is 12.0. The maximum atomic E-state index is 12.0. The molecule has 1 aromatic heterocycles. The summed E-state index contributed by atoms with van der Waals surface area (Å²) in [5.74, 6) is 0. The second-order valence-corrected chi connectivity index (χ2v) is 6.20. The summed E-state index contributed by atoms with van der Waals surface area (Å²) in [7, 11) is 5.88. The highest BCUT2D eigenvalue weighted by Gasteiger charge is 2.09. The van der Waals surface area contributed by atoms with Crippen molar-refractivity contribution >= 4 is 28.5 Å². The van der Waals surface area contributed by atoms with Gasteiger partial charge in [0, 0.05) is 35.2 Å². The number of amides is 2. The van der Waals surface area contributed by atoms with Crippen LogP contribution >= 0.6 is 11.6 Å². The number of carbonyl (C=O) groups excluding carboxylic acids is 1. The van der Waals surface area contributed by atoms with Gasteiger partial charge < -0.3 is 20.1 Å². The molecule has 1 aromatic carbocycles. The lowest BCUT2D eigenvalue weighted by Crippen LogP contribution is -2.38. The van der Waals surface area contributed by atoms with Gasteiger partial charge in [-0.05, 0) is 51.3 Å². The van der Waals surface area contributed by atoms with Gasteiger partial charge >= 0.3 is 6.03 Å². The van der Waals surface area contributed by atoms with E-state index in [1.54, 1.807) is 4.90 Å². The summed E-state index contributed by atoms with van der Waals surface area (Å²) in [5, 5.41) is 4.68. The fourth-order valence-corrected chi connectivity index (χ4v) is 2.47. The SMILES string of the molecule is CN(C)CCCN(C)C(=O)NCc1cc2cc(Cl)ccc2[nH]1. The van der Waals surface area contributed by atoms with Crippen LogP contribution in [0.4, 0.5) is 4.79 Å². The lowest BCUT2D eigenvalue weighted by molar-refractivity contribution is 0.206. The van der Waals surface area contributed by atoms with Crippen LogP contribution in [0.5, 0.6) is 0 Å². The van der Waals surface area contributed by atoms with Crippen LogP contribution in [0.3, 0.4) is 0 Å². The maximum Gasteiger partial charge on any atom is 0.317 e. The first kappa shape index (κ1) is 16.6. The van der Waals surface area contributed by atoms with Crippen molar-refractivity contribution in [3.63, 3.8) is 0 Å². The Morgan fingerprint density at radius 3 is 2.73 bits per heavy atom. The second-order valence-electron chi connectivity index (χ2n) is 5.76. The zero-order chi connectivity index (χ0) is 16.1. The van der Waals surface area contributed by atoms with E-state index in [4.69, 9.17) is 11.6 Å². The minimum Gasteiger partial charge on any atom is -0.357 e. The van der Waals surface area contributed by atoms with Crippen molar-refractivity contribution in [2.75, 3.05) is 34.2 Å². The van der Waals surface area contributed by atoms with Crippen LogP contribution in [0.1, 0.15) is 12.1 Å². The van der Waals surface area contributed by atoms with Gasteiger partial charge in [0.2, 0.25) is 0 Å². The van der Waals surface area contributed by atoms with Crippen LogP contribution in [0.25, 0.3) is 10.9 Å². The molecule has 0 aliphatic carbocycles. The molecule has 0 unspecified atom stereocenters. The van der Waals surface area contributed by atoms with Crippen molar-refractivity contribution in [3.05, 3.63) is 35.0 Å². The molecule has 0 saturated carbocycles. The first-order valence-corrected chi connectivity index (χ1v) is 7.74. The summed E-state index contributed by atoms with van der Waals surface area (Å²) >= 11 is 5.97. The molecule has 2 N–H and O–H groups in total. The minimum absolute atomic E-state index is 0.0598. The minimum atomic E-state index is -0.0598. The lowest BCUT2D eigenvalue weighted by atomic mass is 10.2. The number of fused-ring (bicyclic) bond motifs is 1. The highest BCUT2D eigenvalue weighted by atomic mass is 35.5. The van der Waals surface area contributed by atoms with Crippen molar-refractivity contribution in [1.29, 1.82) is 0 Å². The Morgan fingerprint density at radius 1 is 1.23 bits per heavy atom. The Labute approximate surface area is 136 Å². The molecule has 6 heteroatoms. The lowest BCUT2D eigenvalue weighted by Gasteiger charge is -2.19. The number of nitrogens with one attached hydrogen (secondary N) is 2. The number of urea groups is 1. The predicted octanol–water partition coefficient (Wildman–Crippen LogP) is 2.91. The van der Waals surface area contributed by atoms with E-state index >= 15 is 0 Å². The number of aromatic amines is 1. The van der Waals surface area contributed by atoms with E-state index in [1.807, 2.05) is 45.4 Å². The van der Waals surface area contributed by atoms with Gasteiger partial charge in [-0.2, -0.15) is 0 Å². The molecule has 0 aliphatic rings. The number of nitrogens with zero attached hydrogens (tertiary/aromatic N) is 2. The Hall–Kier alpha value is -1.72. The van der Waals surface area contributed by atoms with Gasteiger partial charge in [-0.1, -0.05) is 11.6 Å². The van der Waals surface area contributed by atoms with Crippen LogP contribution in [-0.4, -0.2) is 55.0 Å². The molecule has 0 fully saturated rings. The first-order valence-electron chi connectivity index (χ1n) is 7.36. The second kappa shape index (κ2) is 7.51. The third kappa shape index (κ3) is 4.64. The molecular formula is C16H23ClN4O. The largest absolute Gasteiger partial charge is 0.357 e. The van der Waals surface area contributed by atoms with Gasteiger partial charge in [-0.25, -0.2) is 4.79 Å². The molecule has 0 saturated heterocycles. The molecular weight excluding hydrogens is 300 g/mol. The number of carbonyl (C=O) groups is 1. The quantitative estimate of drug-likeness (QED) is 0.859. The zero-order valence-electron chi connectivity index (χ0n) is 13.3. The molecule has 0 bridgehead atoms. The summed E-state index contributed by atoms with van der Waals surface area (Å²) in [6, 6.07) is 7.65. The summed E-state index contributed by atoms with van der Waals surface area (Å²) in [6.07, 6.45) is 0.960. The number of hydrogen-bond donors (Lipinski definition) is 2. The Kier molecular flexibility index (Phi) is 5.69. The van der Waals surface area contributed by atoms with Crippen LogP contribution in [0, 0.1) is 0 Å². The van der Waals surface area contributed by atoms with Crippen molar-refractivity contribution in [2.24, 2.45) is 0 Å². The molecule has 0 radical (unpaired) electrons. The van der Waals surface area contributed by atoms with Gasteiger partial charge in [0.1, 0.15) is 0 Å². The smallest absolute Gasteiger partial charge is 0.317 e. The molecule has 2 amide bonds. The Balaban J connectivity index is 1.84. The number of benzene rings is 1. The van der Waals surface area contributed by atoms with E-state index in [2.05, 4.69) is 15.2 Å². The van der Waals surface area contributed by atoms with E-state index in [9.17, 15) is 4.79 Å². The van der Waals surface area contributed by atoms with E-state index in [1.165, 1.54) is 0 Å². The number of halogens is 1. The third-order valence-electron chi connectivity index (χ3n) is 3.51. The van der Waals surface area contributed by atoms with E-state index in [0.29, 0.717) is 11.6 Å². The standard InChI is InChI=1S/C16H23ClN4O/c1-20(2)7-4-8-21(3)16(22)18-11-14-10-12-9-13(17)5-6-15(12)19-14/h5-6,9-10,19H,4,7-8,11H2,1-3H3,(H,18,22). The summed E-state index contributed by atoms with van der Waals surface area (Å²) < 4.78 is 0. The zero-order valence-corrected chi connectivity index (χ0v) is 14.1. The molecule has 120 valence electrons. The number of hydrogen-bond acceptors (Lipinski definition) is 2.